The fourth-order valence-electron chi connectivity index (χ4n) is 4.44. The van der Waals surface area contributed by atoms with Gasteiger partial charge < -0.3 is 14.8 Å². The van der Waals surface area contributed by atoms with Crippen molar-refractivity contribution in [3.05, 3.63) is 22.0 Å². The Hall–Kier alpha value is -2.47. The van der Waals surface area contributed by atoms with Gasteiger partial charge >= 0.3 is 6.18 Å². The highest BCUT2D eigenvalue weighted by Crippen LogP contribution is 2.42. The molecule has 2 aliphatic heterocycles. The topological polar surface area (TPSA) is 76.0 Å². The lowest BCUT2D eigenvalue weighted by Crippen LogP contribution is -2.42. The normalized spacial score (nSPS) is 18.3. The van der Waals surface area contributed by atoms with Crippen LogP contribution in [0.5, 0.6) is 0 Å². The molecule has 0 spiro atoms. The van der Waals surface area contributed by atoms with Crippen molar-refractivity contribution >= 4 is 34.2 Å². The van der Waals surface area contributed by atoms with Crippen molar-refractivity contribution in [3.63, 3.8) is 0 Å². The second kappa shape index (κ2) is 7.65. The Morgan fingerprint density at radius 3 is 2.43 bits per heavy atom. The zero-order valence-corrected chi connectivity index (χ0v) is 17.2. The van der Waals surface area contributed by atoms with E-state index in [-0.39, 0.29) is 28.1 Å². The summed E-state index contributed by atoms with van der Waals surface area (Å²) in [5.74, 6) is -0.0134. The van der Waals surface area contributed by atoms with Gasteiger partial charge in [0.25, 0.3) is 0 Å². The zero-order chi connectivity index (χ0) is 21.6. The molecule has 2 aromatic heterocycles. The van der Waals surface area contributed by atoms with Crippen LogP contribution in [0.4, 0.5) is 18.9 Å². The van der Waals surface area contributed by atoms with E-state index in [1.54, 1.807) is 17.9 Å². The molecular formula is C20H21ClF3N5O. The Labute approximate surface area is 176 Å². The van der Waals surface area contributed by atoms with Crippen molar-refractivity contribution in [1.29, 1.82) is 5.26 Å². The summed E-state index contributed by atoms with van der Waals surface area (Å²) in [6.45, 7) is 3.96. The van der Waals surface area contributed by atoms with Crippen LogP contribution in [0.15, 0.2) is 0 Å². The van der Waals surface area contributed by atoms with Crippen LogP contribution < -0.4 is 4.90 Å². The van der Waals surface area contributed by atoms with Crippen molar-refractivity contribution < 1.29 is 18.0 Å². The second-order valence-electron chi connectivity index (χ2n) is 7.87. The number of halogens is 4. The Balaban J connectivity index is 1.71. The number of anilines is 1. The number of H-pyrrole nitrogens is 1. The number of rotatable bonds is 2. The summed E-state index contributed by atoms with van der Waals surface area (Å²) < 4.78 is 41.0. The molecule has 160 valence electrons. The molecule has 0 atom stereocenters. The summed E-state index contributed by atoms with van der Waals surface area (Å²) in [6.07, 6.45) is -1.71. The number of aryl methyl sites for hydroxylation is 1. The number of amides is 1. The molecular weight excluding hydrogens is 419 g/mol. The van der Waals surface area contributed by atoms with Gasteiger partial charge in [0, 0.05) is 37.8 Å². The van der Waals surface area contributed by atoms with Crippen molar-refractivity contribution in [2.24, 2.45) is 5.92 Å². The molecule has 0 bridgehead atoms. The van der Waals surface area contributed by atoms with E-state index in [9.17, 15) is 23.2 Å². The van der Waals surface area contributed by atoms with Crippen molar-refractivity contribution in [1.82, 2.24) is 14.9 Å². The third-order valence-electron chi connectivity index (χ3n) is 5.98. The predicted molar refractivity (Wildman–Crippen MR) is 106 cm³/mol. The first-order chi connectivity index (χ1) is 14.2. The number of hydrogen-bond donors (Lipinski definition) is 1. The molecule has 0 aromatic carbocycles. The van der Waals surface area contributed by atoms with Crippen LogP contribution >= 0.6 is 11.6 Å². The maximum atomic E-state index is 13.7. The van der Waals surface area contributed by atoms with E-state index in [4.69, 9.17) is 11.6 Å². The van der Waals surface area contributed by atoms with Gasteiger partial charge in [0.05, 0.1) is 16.2 Å². The van der Waals surface area contributed by atoms with E-state index < -0.39 is 17.4 Å². The standard InChI is InChI=1S/C20H21ClF3N5O/c1-11-14(21)15-16(26-11)17(13(10-25)18(27-15)20(22,23)24)28-8-4-12(5-9-28)19(30)29-6-2-3-7-29/h12,26H,2-9H2,1H3. The van der Waals surface area contributed by atoms with E-state index in [1.807, 2.05) is 4.90 Å². The largest absolute Gasteiger partial charge is 0.434 e. The minimum Gasteiger partial charge on any atom is -0.369 e. The number of carbonyl (C=O) groups excluding carboxylic acids is 1. The summed E-state index contributed by atoms with van der Waals surface area (Å²) in [7, 11) is 0. The van der Waals surface area contributed by atoms with E-state index in [0.717, 1.165) is 25.9 Å². The number of hydrogen-bond acceptors (Lipinski definition) is 4. The molecule has 4 rings (SSSR count). The molecule has 0 radical (unpaired) electrons. The highest BCUT2D eigenvalue weighted by molar-refractivity contribution is 6.36. The zero-order valence-electron chi connectivity index (χ0n) is 16.4. The number of alkyl halides is 3. The number of piperidine rings is 1. The maximum absolute atomic E-state index is 13.7. The molecule has 0 unspecified atom stereocenters. The number of fused-ring (bicyclic) bond motifs is 1. The maximum Gasteiger partial charge on any atom is 0.434 e. The van der Waals surface area contributed by atoms with Crippen molar-refractivity contribution in [3.8, 4) is 6.07 Å². The molecule has 2 saturated heterocycles. The van der Waals surface area contributed by atoms with Crippen LogP contribution in [0.1, 0.15) is 42.6 Å². The van der Waals surface area contributed by atoms with Crippen LogP contribution in [0.3, 0.4) is 0 Å². The first-order valence-electron chi connectivity index (χ1n) is 9.95. The van der Waals surface area contributed by atoms with Gasteiger partial charge in [-0.2, -0.15) is 18.4 Å². The third-order valence-corrected chi connectivity index (χ3v) is 6.44. The monoisotopic (exact) mass is 439 g/mol. The van der Waals surface area contributed by atoms with Gasteiger partial charge in [-0.15, -0.1) is 0 Å². The van der Waals surface area contributed by atoms with Crippen LogP contribution in [0, 0.1) is 24.2 Å². The lowest BCUT2D eigenvalue weighted by atomic mass is 9.94. The number of pyridine rings is 1. The molecule has 0 saturated carbocycles. The number of aromatic amines is 1. The number of nitrogens with zero attached hydrogens (tertiary/aromatic N) is 4. The van der Waals surface area contributed by atoms with Gasteiger partial charge in [-0.1, -0.05) is 11.6 Å². The van der Waals surface area contributed by atoms with Crippen molar-refractivity contribution in [2.45, 2.75) is 38.8 Å². The Kier molecular flexibility index (Phi) is 5.30. The number of aromatic nitrogens is 2. The molecule has 1 N–H and O–H groups in total. The smallest absolute Gasteiger partial charge is 0.369 e. The average Bonchev–Trinajstić information content (AvgIpc) is 3.34. The SMILES string of the molecule is Cc1[nH]c2c(N3CCC(C(=O)N4CCCC4)CC3)c(C#N)c(C(F)(F)F)nc2c1Cl. The summed E-state index contributed by atoms with van der Waals surface area (Å²) in [4.78, 5) is 23.0. The first-order valence-corrected chi connectivity index (χ1v) is 10.3. The lowest BCUT2D eigenvalue weighted by molar-refractivity contribution is -0.141. The Morgan fingerprint density at radius 1 is 1.23 bits per heavy atom. The van der Waals surface area contributed by atoms with Gasteiger partial charge in [-0.25, -0.2) is 4.98 Å². The molecule has 2 aromatic rings. The number of nitrogens with one attached hydrogen (secondary N) is 1. The highest BCUT2D eigenvalue weighted by Gasteiger charge is 2.40. The first kappa shape index (κ1) is 20.8. The Morgan fingerprint density at radius 2 is 1.87 bits per heavy atom. The van der Waals surface area contributed by atoms with E-state index in [1.165, 1.54) is 0 Å². The summed E-state index contributed by atoms with van der Waals surface area (Å²) in [5, 5.41) is 9.70. The molecule has 2 fully saturated rings. The molecule has 4 heterocycles. The summed E-state index contributed by atoms with van der Waals surface area (Å²) in [5.41, 5.74) is -0.766. The molecule has 30 heavy (non-hydrogen) atoms. The van der Waals surface area contributed by atoms with Gasteiger partial charge in [-0.05, 0) is 32.6 Å². The molecule has 0 aliphatic carbocycles. The highest BCUT2D eigenvalue weighted by atomic mass is 35.5. The Bertz CT molecular complexity index is 1030. The molecule has 6 nitrogen and oxygen atoms in total. The molecule has 2 aliphatic rings. The van der Waals surface area contributed by atoms with Gasteiger partial charge in [0.15, 0.2) is 5.69 Å². The van der Waals surface area contributed by atoms with Crippen LogP contribution in [-0.4, -0.2) is 47.0 Å². The minimum absolute atomic E-state index is 0.00533. The lowest BCUT2D eigenvalue weighted by Gasteiger charge is -2.35. The van der Waals surface area contributed by atoms with E-state index >= 15 is 0 Å². The second-order valence-corrected chi connectivity index (χ2v) is 8.25. The molecule has 10 heteroatoms. The van der Waals surface area contributed by atoms with Crippen LogP contribution in [-0.2, 0) is 11.0 Å². The predicted octanol–water partition coefficient (Wildman–Crippen LogP) is 4.25. The van der Waals surface area contributed by atoms with Crippen molar-refractivity contribution in [2.75, 3.05) is 31.1 Å². The summed E-state index contributed by atoms with van der Waals surface area (Å²) >= 11 is 6.19. The van der Waals surface area contributed by atoms with Gasteiger partial charge in [0.2, 0.25) is 5.91 Å². The fraction of sp³-hybridized carbons (Fsp3) is 0.550. The van der Waals surface area contributed by atoms with Gasteiger partial charge in [-0.3, -0.25) is 4.79 Å². The number of carbonyl (C=O) groups is 1. The number of likely N-dealkylation sites (tertiary alicyclic amines) is 1. The van der Waals surface area contributed by atoms with E-state index in [2.05, 4.69) is 9.97 Å². The van der Waals surface area contributed by atoms with Crippen LogP contribution in [0.25, 0.3) is 11.0 Å². The fourth-order valence-corrected chi connectivity index (χ4v) is 4.63. The van der Waals surface area contributed by atoms with Gasteiger partial charge in [0.1, 0.15) is 17.1 Å². The van der Waals surface area contributed by atoms with E-state index in [0.29, 0.717) is 37.1 Å². The van der Waals surface area contributed by atoms with Crippen LogP contribution in [0.2, 0.25) is 5.02 Å². The quantitative estimate of drug-likeness (QED) is 0.758. The molecule has 1 amide bonds. The summed E-state index contributed by atoms with van der Waals surface area (Å²) in [6, 6.07) is 1.71. The number of nitriles is 1. The average molecular weight is 440 g/mol. The minimum atomic E-state index is -4.79. The third kappa shape index (κ3) is 3.47.